The summed E-state index contributed by atoms with van der Waals surface area (Å²) < 4.78 is 2.46. The van der Waals surface area contributed by atoms with Crippen molar-refractivity contribution in [2.24, 2.45) is 0 Å². The molecule has 0 amide bonds. The summed E-state index contributed by atoms with van der Waals surface area (Å²) in [4.78, 5) is 0. The minimum Gasteiger partial charge on any atom is -0.309 e. The summed E-state index contributed by atoms with van der Waals surface area (Å²) in [5.41, 5.74) is 11.9. The summed E-state index contributed by atoms with van der Waals surface area (Å²) in [6, 6.07) is 69.9. The van der Waals surface area contributed by atoms with Crippen LogP contribution in [0.4, 0.5) is 0 Å². The molecule has 4 nitrogen and oxygen atoms in total. The molecule has 1 fully saturated rings. The second-order valence-electron chi connectivity index (χ2n) is 13.8. The molecular formula is C49H38N4. The first-order chi connectivity index (χ1) is 26.3. The lowest BCUT2D eigenvalue weighted by atomic mass is 9.94. The fraction of sp³-hybridized carbons (Fsp3) is 0.0612. The lowest BCUT2D eigenvalue weighted by Gasteiger charge is -2.41. The number of aromatic nitrogens is 1. The smallest absolute Gasteiger partial charge is 0.0885 e. The number of nitrogens with zero attached hydrogens (tertiary/aromatic N) is 1. The Bertz CT molecular complexity index is 2670. The molecular weight excluding hydrogens is 645 g/mol. The Balaban J connectivity index is 1.19. The largest absolute Gasteiger partial charge is 0.309 e. The van der Waals surface area contributed by atoms with Gasteiger partial charge in [-0.2, -0.15) is 0 Å². The van der Waals surface area contributed by atoms with Gasteiger partial charge in [-0.25, -0.2) is 0 Å². The van der Waals surface area contributed by atoms with Gasteiger partial charge in [0, 0.05) is 16.3 Å². The van der Waals surface area contributed by atoms with Crippen LogP contribution in [0.2, 0.25) is 0 Å². The molecule has 1 saturated heterocycles. The normalized spacial score (nSPS) is 17.4. The van der Waals surface area contributed by atoms with E-state index in [0.717, 1.165) is 5.69 Å². The minimum absolute atomic E-state index is 0.152. The molecule has 2 heterocycles. The van der Waals surface area contributed by atoms with Gasteiger partial charge in [-0.3, -0.25) is 16.0 Å². The van der Waals surface area contributed by atoms with Crippen LogP contribution in [0.3, 0.4) is 0 Å². The van der Waals surface area contributed by atoms with Gasteiger partial charge in [-0.05, 0) is 62.4 Å². The van der Waals surface area contributed by atoms with Crippen LogP contribution in [0.5, 0.6) is 0 Å². The highest BCUT2D eigenvalue weighted by molar-refractivity contribution is 6.09. The molecule has 1 aliphatic rings. The minimum atomic E-state index is -0.214. The van der Waals surface area contributed by atoms with E-state index in [1.54, 1.807) is 0 Å². The Morgan fingerprint density at radius 1 is 0.340 bits per heavy atom. The van der Waals surface area contributed by atoms with E-state index in [1.807, 2.05) is 0 Å². The van der Waals surface area contributed by atoms with Crippen molar-refractivity contribution in [3.63, 3.8) is 0 Å². The van der Waals surface area contributed by atoms with E-state index >= 15 is 0 Å². The van der Waals surface area contributed by atoms with Crippen LogP contribution < -0.4 is 16.0 Å². The van der Waals surface area contributed by atoms with Crippen LogP contribution in [0, 0.1) is 0 Å². The van der Waals surface area contributed by atoms with E-state index in [-0.39, 0.29) is 18.5 Å². The molecule has 4 heteroatoms. The monoisotopic (exact) mass is 682 g/mol. The van der Waals surface area contributed by atoms with Gasteiger partial charge in [0.2, 0.25) is 0 Å². The molecule has 0 bridgehead atoms. The van der Waals surface area contributed by atoms with Crippen molar-refractivity contribution in [2.75, 3.05) is 0 Å². The molecule has 0 spiro atoms. The summed E-state index contributed by atoms with van der Waals surface area (Å²) >= 11 is 0. The molecule has 8 aromatic carbocycles. The fourth-order valence-corrected chi connectivity index (χ4v) is 8.29. The molecule has 3 N–H and O–H groups in total. The molecule has 53 heavy (non-hydrogen) atoms. The molecule has 254 valence electrons. The van der Waals surface area contributed by atoms with Crippen molar-refractivity contribution in [3.8, 4) is 27.9 Å². The van der Waals surface area contributed by atoms with Crippen molar-refractivity contribution in [3.05, 3.63) is 211 Å². The third-order valence-electron chi connectivity index (χ3n) is 10.8. The summed E-state index contributed by atoms with van der Waals surface area (Å²) in [5, 5.41) is 17.1. The van der Waals surface area contributed by atoms with Crippen LogP contribution in [0.1, 0.15) is 35.2 Å². The molecule has 0 radical (unpaired) electrons. The van der Waals surface area contributed by atoms with Crippen molar-refractivity contribution in [1.29, 1.82) is 0 Å². The van der Waals surface area contributed by atoms with E-state index in [0.29, 0.717) is 0 Å². The van der Waals surface area contributed by atoms with Crippen molar-refractivity contribution in [1.82, 2.24) is 20.5 Å². The van der Waals surface area contributed by atoms with Crippen molar-refractivity contribution >= 4 is 32.6 Å². The van der Waals surface area contributed by atoms with Crippen LogP contribution in [0.25, 0.3) is 60.5 Å². The van der Waals surface area contributed by atoms with Gasteiger partial charge in [0.25, 0.3) is 0 Å². The lowest BCUT2D eigenvalue weighted by molar-refractivity contribution is 0.204. The summed E-state index contributed by atoms with van der Waals surface area (Å²) in [7, 11) is 0. The van der Waals surface area contributed by atoms with E-state index in [1.165, 1.54) is 71.5 Å². The predicted octanol–water partition coefficient (Wildman–Crippen LogP) is 11.4. The molecule has 0 saturated carbocycles. The van der Waals surface area contributed by atoms with Crippen molar-refractivity contribution < 1.29 is 0 Å². The first-order valence-electron chi connectivity index (χ1n) is 18.4. The van der Waals surface area contributed by atoms with Gasteiger partial charge in [0.15, 0.2) is 0 Å². The number of hydrogen-bond donors (Lipinski definition) is 3. The average Bonchev–Trinajstić information content (AvgIpc) is 3.58. The van der Waals surface area contributed by atoms with E-state index in [9.17, 15) is 0 Å². The maximum Gasteiger partial charge on any atom is 0.0885 e. The molecule has 9 aromatic rings. The number of rotatable bonds is 6. The van der Waals surface area contributed by atoms with E-state index in [2.05, 4.69) is 215 Å². The van der Waals surface area contributed by atoms with Gasteiger partial charge < -0.3 is 4.57 Å². The molecule has 10 rings (SSSR count). The summed E-state index contributed by atoms with van der Waals surface area (Å²) in [5.74, 6) is 0. The van der Waals surface area contributed by atoms with E-state index < -0.39 is 0 Å². The van der Waals surface area contributed by atoms with Crippen molar-refractivity contribution in [2.45, 2.75) is 18.5 Å². The Kier molecular flexibility index (Phi) is 7.92. The zero-order chi connectivity index (χ0) is 35.1. The highest BCUT2D eigenvalue weighted by Gasteiger charge is 2.33. The number of benzene rings is 8. The summed E-state index contributed by atoms with van der Waals surface area (Å²) in [6.45, 7) is 0. The number of fused-ring (bicyclic) bond motifs is 4. The fourth-order valence-electron chi connectivity index (χ4n) is 8.29. The Hall–Kier alpha value is -6.30. The summed E-state index contributed by atoms with van der Waals surface area (Å²) in [6.07, 6.45) is -0.531. The van der Waals surface area contributed by atoms with Gasteiger partial charge >= 0.3 is 0 Å². The first-order valence-corrected chi connectivity index (χ1v) is 18.4. The second-order valence-corrected chi connectivity index (χ2v) is 13.8. The molecule has 3 atom stereocenters. The van der Waals surface area contributed by atoms with E-state index in [4.69, 9.17) is 0 Å². The van der Waals surface area contributed by atoms with Gasteiger partial charge in [0.05, 0.1) is 35.2 Å². The first kappa shape index (κ1) is 31.4. The highest BCUT2D eigenvalue weighted by atomic mass is 15.4. The van der Waals surface area contributed by atoms with Crippen LogP contribution in [-0.4, -0.2) is 4.57 Å². The molecule has 1 aromatic heterocycles. The van der Waals surface area contributed by atoms with Crippen LogP contribution >= 0.6 is 0 Å². The topological polar surface area (TPSA) is 41.0 Å². The molecule has 1 aliphatic heterocycles. The second kappa shape index (κ2) is 13.4. The predicted molar refractivity (Wildman–Crippen MR) is 220 cm³/mol. The number of hydrogen-bond acceptors (Lipinski definition) is 3. The van der Waals surface area contributed by atoms with Crippen LogP contribution in [0.15, 0.2) is 194 Å². The third-order valence-corrected chi connectivity index (χ3v) is 10.8. The Morgan fingerprint density at radius 3 is 1.57 bits per heavy atom. The maximum atomic E-state index is 4.07. The van der Waals surface area contributed by atoms with Gasteiger partial charge in [-0.15, -0.1) is 0 Å². The van der Waals surface area contributed by atoms with Gasteiger partial charge in [-0.1, -0.05) is 176 Å². The number of para-hydroxylation sites is 2. The van der Waals surface area contributed by atoms with Crippen LogP contribution in [-0.2, 0) is 0 Å². The highest BCUT2D eigenvalue weighted by Crippen LogP contribution is 2.39. The number of nitrogens with one attached hydrogen (secondary N) is 3. The Labute approximate surface area is 309 Å². The molecule has 0 aliphatic carbocycles. The third kappa shape index (κ3) is 5.61. The zero-order valence-electron chi connectivity index (χ0n) is 29.2. The zero-order valence-corrected chi connectivity index (χ0v) is 29.2. The Morgan fingerprint density at radius 2 is 0.849 bits per heavy atom. The maximum absolute atomic E-state index is 4.07. The van der Waals surface area contributed by atoms with Gasteiger partial charge in [0.1, 0.15) is 0 Å². The molecule has 3 unspecified atom stereocenters. The average molecular weight is 683 g/mol. The quantitative estimate of drug-likeness (QED) is 0.163. The SMILES string of the molecule is c1ccc(-c2ccc(C3NC(c4ccccc4-c4ccccc4)NC(c4cccc5ccccc45)N3)c(-n3c4ccccc4c4ccccc43)c2)cc1. The standard InChI is InChI=1S/C49H38N4/c1-3-16-33(17-4-1)36-30-31-43(46(32-36)53-44-28-13-11-24-39(44)40-25-12-14-29-45(40)53)49-51-47(41-26-10-9-23-37(41)34-18-5-2-6-19-34)50-48(52-49)42-27-15-21-35-20-7-8-22-38(35)42/h1-32,47-52H. The lowest BCUT2D eigenvalue weighted by Crippen LogP contribution is -2.54.